The van der Waals surface area contributed by atoms with Gasteiger partial charge in [-0.2, -0.15) is 0 Å². The Bertz CT molecular complexity index is 1020. The molecule has 376 valence electrons. The molecule has 0 spiro atoms. The first kappa shape index (κ1) is 62.1. The quantitative estimate of drug-likeness (QED) is 0.0346. The van der Waals surface area contributed by atoms with Crippen LogP contribution in [0.5, 0.6) is 0 Å². The summed E-state index contributed by atoms with van der Waals surface area (Å²) in [6.45, 7) is 7.78. The molecule has 0 aromatic carbocycles. The normalized spacial score (nSPS) is 12.4. The van der Waals surface area contributed by atoms with Crippen LogP contribution in [0.1, 0.15) is 303 Å². The van der Waals surface area contributed by atoms with Gasteiger partial charge in [0.2, 0.25) is 0 Å². The van der Waals surface area contributed by atoms with E-state index in [9.17, 15) is 9.59 Å². The van der Waals surface area contributed by atoms with Crippen LogP contribution in [0.15, 0.2) is 36.5 Å². The molecule has 64 heavy (non-hydrogen) atoms. The fraction of sp³-hybridized carbons (Fsp3) is 0.864. The molecular formula is C59H110O5. The SMILES string of the molecule is CC/C=C\C/C=C\C/C=C\CCCCCCCCCC(=O)OCC(COCCCCCCCCCCCCCCCCCC)OC(=O)CCCCCCCCCCCCCCCCC. The zero-order valence-electron chi connectivity index (χ0n) is 43.3. The number of hydrogen-bond acceptors (Lipinski definition) is 5. The summed E-state index contributed by atoms with van der Waals surface area (Å²) in [5.74, 6) is -0.388. The summed E-state index contributed by atoms with van der Waals surface area (Å²) >= 11 is 0. The Morgan fingerprint density at radius 2 is 0.703 bits per heavy atom. The van der Waals surface area contributed by atoms with E-state index >= 15 is 0 Å². The van der Waals surface area contributed by atoms with Gasteiger partial charge in [-0.15, -0.1) is 0 Å². The molecule has 0 saturated heterocycles. The van der Waals surface area contributed by atoms with E-state index in [0.717, 1.165) is 64.2 Å². The van der Waals surface area contributed by atoms with Crippen molar-refractivity contribution in [3.63, 3.8) is 0 Å². The number of carbonyl (C=O) groups excluding carboxylic acids is 2. The Hall–Kier alpha value is -1.88. The van der Waals surface area contributed by atoms with Crippen LogP contribution in [0, 0.1) is 0 Å². The van der Waals surface area contributed by atoms with Crippen molar-refractivity contribution in [3.8, 4) is 0 Å². The number of esters is 2. The molecule has 0 radical (unpaired) electrons. The van der Waals surface area contributed by atoms with E-state index in [0.29, 0.717) is 26.1 Å². The molecule has 0 N–H and O–H groups in total. The van der Waals surface area contributed by atoms with Crippen molar-refractivity contribution in [3.05, 3.63) is 36.5 Å². The van der Waals surface area contributed by atoms with Crippen molar-refractivity contribution in [2.45, 2.75) is 309 Å². The van der Waals surface area contributed by atoms with E-state index < -0.39 is 6.10 Å². The third-order valence-corrected chi connectivity index (χ3v) is 12.7. The molecule has 0 aliphatic carbocycles. The summed E-state index contributed by atoms with van der Waals surface area (Å²) in [7, 11) is 0. The average Bonchev–Trinajstić information content (AvgIpc) is 3.30. The van der Waals surface area contributed by atoms with Crippen LogP contribution < -0.4 is 0 Å². The van der Waals surface area contributed by atoms with Crippen LogP contribution in [0.3, 0.4) is 0 Å². The summed E-state index contributed by atoms with van der Waals surface area (Å²) in [6.07, 6.45) is 67.3. The van der Waals surface area contributed by atoms with E-state index in [2.05, 4.69) is 57.2 Å². The molecule has 0 aliphatic heterocycles. The van der Waals surface area contributed by atoms with E-state index in [-0.39, 0.29) is 18.5 Å². The minimum atomic E-state index is -0.534. The minimum Gasteiger partial charge on any atom is -0.462 e. The predicted molar refractivity (Wildman–Crippen MR) is 279 cm³/mol. The summed E-state index contributed by atoms with van der Waals surface area (Å²) < 4.78 is 17.5. The maximum Gasteiger partial charge on any atom is 0.306 e. The van der Waals surface area contributed by atoms with E-state index in [1.54, 1.807) is 0 Å². The van der Waals surface area contributed by atoms with Crippen molar-refractivity contribution < 1.29 is 23.8 Å². The van der Waals surface area contributed by atoms with Crippen LogP contribution in [-0.2, 0) is 23.8 Å². The van der Waals surface area contributed by atoms with Gasteiger partial charge in [0.05, 0.1) is 6.61 Å². The molecule has 0 amide bonds. The molecule has 0 bridgehead atoms. The van der Waals surface area contributed by atoms with Gasteiger partial charge in [-0.1, -0.05) is 276 Å². The molecule has 1 atom stereocenters. The van der Waals surface area contributed by atoms with Crippen LogP contribution in [0.2, 0.25) is 0 Å². The predicted octanol–water partition coefficient (Wildman–Crippen LogP) is 19.4. The number of carbonyl (C=O) groups is 2. The first-order chi connectivity index (χ1) is 31.6. The van der Waals surface area contributed by atoms with Crippen LogP contribution in [-0.4, -0.2) is 37.9 Å². The zero-order valence-corrected chi connectivity index (χ0v) is 43.3. The maximum atomic E-state index is 12.8. The second-order valence-corrected chi connectivity index (χ2v) is 19.2. The van der Waals surface area contributed by atoms with Gasteiger partial charge in [0.1, 0.15) is 6.61 Å². The van der Waals surface area contributed by atoms with Crippen molar-refractivity contribution >= 4 is 11.9 Å². The van der Waals surface area contributed by atoms with Crippen LogP contribution in [0.4, 0.5) is 0 Å². The number of unbranched alkanes of at least 4 members (excludes halogenated alkanes) is 36. The molecule has 0 fully saturated rings. The average molecular weight is 900 g/mol. The number of rotatable bonds is 53. The summed E-state index contributed by atoms with van der Waals surface area (Å²) in [4.78, 5) is 25.5. The van der Waals surface area contributed by atoms with Gasteiger partial charge in [0.25, 0.3) is 0 Å². The third-order valence-electron chi connectivity index (χ3n) is 12.7. The lowest BCUT2D eigenvalue weighted by molar-refractivity contribution is -0.163. The summed E-state index contributed by atoms with van der Waals surface area (Å²) in [5.41, 5.74) is 0. The van der Waals surface area contributed by atoms with E-state index in [4.69, 9.17) is 14.2 Å². The van der Waals surface area contributed by atoms with Gasteiger partial charge < -0.3 is 14.2 Å². The van der Waals surface area contributed by atoms with Crippen molar-refractivity contribution in [2.75, 3.05) is 19.8 Å². The van der Waals surface area contributed by atoms with Crippen molar-refractivity contribution in [2.24, 2.45) is 0 Å². The molecule has 0 heterocycles. The second-order valence-electron chi connectivity index (χ2n) is 19.2. The van der Waals surface area contributed by atoms with Gasteiger partial charge in [-0.25, -0.2) is 0 Å². The van der Waals surface area contributed by atoms with E-state index in [1.807, 2.05) is 0 Å². The maximum absolute atomic E-state index is 12.8. The number of allylic oxidation sites excluding steroid dienone is 6. The Labute approximate surface area is 400 Å². The molecule has 0 saturated carbocycles. The molecule has 0 aromatic rings. The Morgan fingerprint density at radius 1 is 0.359 bits per heavy atom. The first-order valence-electron chi connectivity index (χ1n) is 28.5. The molecule has 1 unspecified atom stereocenters. The van der Waals surface area contributed by atoms with Crippen molar-refractivity contribution in [1.82, 2.24) is 0 Å². The smallest absolute Gasteiger partial charge is 0.306 e. The molecule has 0 aromatic heterocycles. The monoisotopic (exact) mass is 899 g/mol. The highest BCUT2D eigenvalue weighted by Gasteiger charge is 2.17. The van der Waals surface area contributed by atoms with E-state index in [1.165, 1.54) is 205 Å². The molecule has 0 aliphatic rings. The van der Waals surface area contributed by atoms with Gasteiger partial charge in [-0.3, -0.25) is 9.59 Å². The number of ether oxygens (including phenoxy) is 3. The molecule has 5 heteroatoms. The lowest BCUT2D eigenvalue weighted by Gasteiger charge is -2.18. The topological polar surface area (TPSA) is 61.8 Å². The second kappa shape index (κ2) is 55.4. The van der Waals surface area contributed by atoms with Gasteiger partial charge in [0, 0.05) is 19.4 Å². The highest BCUT2D eigenvalue weighted by molar-refractivity contribution is 5.70. The Balaban J connectivity index is 4.23. The zero-order chi connectivity index (χ0) is 46.3. The third kappa shape index (κ3) is 52.7. The summed E-state index contributed by atoms with van der Waals surface area (Å²) in [5, 5.41) is 0. The minimum absolute atomic E-state index is 0.0867. The largest absolute Gasteiger partial charge is 0.462 e. The molecule has 0 rings (SSSR count). The number of hydrogen-bond donors (Lipinski definition) is 0. The van der Waals surface area contributed by atoms with Gasteiger partial charge in [-0.05, 0) is 51.4 Å². The van der Waals surface area contributed by atoms with Gasteiger partial charge >= 0.3 is 11.9 Å². The van der Waals surface area contributed by atoms with Crippen LogP contribution in [0.25, 0.3) is 0 Å². The lowest BCUT2D eigenvalue weighted by atomic mass is 10.0. The van der Waals surface area contributed by atoms with Gasteiger partial charge in [0.15, 0.2) is 6.10 Å². The molecule has 5 nitrogen and oxygen atoms in total. The standard InChI is InChI=1S/C59H110O5/c1-4-7-10-13-16-19-22-25-28-30-32-34-37-40-43-46-49-52-58(60)63-56-57(55-62-54-51-48-45-42-39-36-33-29-26-23-20-17-14-11-8-5-2)64-59(61)53-50-47-44-41-38-35-31-27-24-21-18-15-12-9-6-3/h7,10,16,19,25,28,57H,4-6,8-9,11-15,17-18,20-24,26-27,29-56H2,1-3H3/b10-7-,19-16-,28-25-. The van der Waals surface area contributed by atoms with Crippen LogP contribution >= 0.6 is 0 Å². The first-order valence-corrected chi connectivity index (χ1v) is 28.5. The highest BCUT2D eigenvalue weighted by atomic mass is 16.6. The fourth-order valence-electron chi connectivity index (χ4n) is 8.47. The Morgan fingerprint density at radius 3 is 1.12 bits per heavy atom. The lowest BCUT2D eigenvalue weighted by Crippen LogP contribution is -2.30. The van der Waals surface area contributed by atoms with Crippen molar-refractivity contribution in [1.29, 1.82) is 0 Å². The summed E-state index contributed by atoms with van der Waals surface area (Å²) in [6, 6.07) is 0. The Kier molecular flexibility index (Phi) is 53.8. The highest BCUT2D eigenvalue weighted by Crippen LogP contribution is 2.17. The fourth-order valence-corrected chi connectivity index (χ4v) is 8.47. The molecular weight excluding hydrogens is 789 g/mol.